The number of imidazole rings is 1. The van der Waals surface area contributed by atoms with Crippen molar-refractivity contribution in [2.45, 2.75) is 26.3 Å². The minimum absolute atomic E-state index is 0. The maximum atomic E-state index is 11.8. The summed E-state index contributed by atoms with van der Waals surface area (Å²) < 4.78 is 2.09. The lowest BCUT2D eigenvalue weighted by atomic mass is 10.1. The molecular weight excluding hydrogens is 377 g/mol. The molecule has 0 fully saturated rings. The minimum Gasteiger partial charge on any atom is -0.346 e. The third kappa shape index (κ3) is 7.03. The van der Waals surface area contributed by atoms with Crippen molar-refractivity contribution in [3.8, 4) is 0 Å². The molecule has 0 aliphatic carbocycles. The Bertz CT molecular complexity index is 719. The van der Waals surface area contributed by atoms with Gasteiger partial charge in [0.05, 0.1) is 13.1 Å². The molecule has 0 spiro atoms. The third-order valence-corrected chi connectivity index (χ3v) is 3.46. The highest BCUT2D eigenvalue weighted by molar-refractivity contribution is 5.94. The van der Waals surface area contributed by atoms with E-state index in [1.54, 1.807) is 6.20 Å². The SMILES string of the molecule is CC(C)c1nccn1Cc1cccc(NC(=O)CNC(=O)CN)c1.Cl.Cl. The molecule has 0 atom stereocenters. The first-order chi connectivity index (χ1) is 11.5. The van der Waals surface area contributed by atoms with E-state index in [1.807, 2.05) is 30.5 Å². The molecule has 2 rings (SSSR count). The van der Waals surface area contributed by atoms with Gasteiger partial charge in [0.2, 0.25) is 11.8 Å². The number of hydrogen-bond donors (Lipinski definition) is 3. The number of halogens is 2. The average Bonchev–Trinajstić information content (AvgIpc) is 3.01. The molecule has 2 amide bonds. The average molecular weight is 402 g/mol. The Morgan fingerprint density at radius 2 is 1.96 bits per heavy atom. The van der Waals surface area contributed by atoms with Crippen LogP contribution < -0.4 is 16.4 Å². The van der Waals surface area contributed by atoms with E-state index in [-0.39, 0.29) is 49.7 Å². The highest BCUT2D eigenvalue weighted by atomic mass is 35.5. The van der Waals surface area contributed by atoms with Crippen molar-refractivity contribution in [2.24, 2.45) is 5.73 Å². The summed E-state index contributed by atoms with van der Waals surface area (Å²) in [5, 5.41) is 5.19. The highest BCUT2D eigenvalue weighted by Gasteiger charge is 2.09. The normalized spacial score (nSPS) is 9.85. The molecule has 2 aromatic rings. The number of rotatable bonds is 7. The zero-order valence-electron chi connectivity index (χ0n) is 14.8. The fourth-order valence-corrected chi connectivity index (χ4v) is 2.36. The van der Waals surface area contributed by atoms with Crippen LogP contribution in [0.3, 0.4) is 0 Å². The molecule has 0 radical (unpaired) electrons. The summed E-state index contributed by atoms with van der Waals surface area (Å²) in [5.41, 5.74) is 6.92. The number of hydrogen-bond acceptors (Lipinski definition) is 4. The Morgan fingerprint density at radius 1 is 1.23 bits per heavy atom. The molecule has 9 heteroatoms. The standard InChI is InChI=1S/C17H23N5O2.2ClH/c1-12(2)17-19-6-7-22(17)11-13-4-3-5-14(8-13)21-16(24)10-20-15(23)9-18;;/h3-8,12H,9-11,18H2,1-2H3,(H,20,23)(H,21,24);2*1H. The zero-order valence-corrected chi connectivity index (χ0v) is 16.4. The van der Waals surface area contributed by atoms with Gasteiger partial charge < -0.3 is 20.9 Å². The summed E-state index contributed by atoms with van der Waals surface area (Å²) in [4.78, 5) is 27.3. The van der Waals surface area contributed by atoms with Crippen molar-refractivity contribution in [2.75, 3.05) is 18.4 Å². The molecule has 1 aromatic carbocycles. The van der Waals surface area contributed by atoms with E-state index in [0.29, 0.717) is 18.2 Å². The molecule has 4 N–H and O–H groups in total. The van der Waals surface area contributed by atoms with Crippen molar-refractivity contribution in [1.82, 2.24) is 14.9 Å². The number of anilines is 1. The number of nitrogens with two attached hydrogens (primary N) is 1. The first-order valence-corrected chi connectivity index (χ1v) is 7.86. The molecule has 1 aromatic heterocycles. The highest BCUT2D eigenvalue weighted by Crippen LogP contribution is 2.16. The lowest BCUT2D eigenvalue weighted by molar-refractivity contribution is -0.123. The van der Waals surface area contributed by atoms with Crippen LogP contribution in [0.1, 0.15) is 31.2 Å². The molecule has 0 saturated carbocycles. The second kappa shape index (κ2) is 11.5. The van der Waals surface area contributed by atoms with Gasteiger partial charge >= 0.3 is 0 Å². The van der Waals surface area contributed by atoms with E-state index in [1.165, 1.54) is 0 Å². The Kier molecular flexibility index (Phi) is 10.6. The van der Waals surface area contributed by atoms with Crippen LogP contribution in [0.4, 0.5) is 5.69 Å². The lowest BCUT2D eigenvalue weighted by Crippen LogP contribution is -2.36. The Balaban J connectivity index is 0.00000312. The van der Waals surface area contributed by atoms with Gasteiger partial charge in [-0.25, -0.2) is 4.98 Å². The quantitative estimate of drug-likeness (QED) is 0.659. The van der Waals surface area contributed by atoms with Gasteiger partial charge in [-0.2, -0.15) is 0 Å². The van der Waals surface area contributed by atoms with Gasteiger partial charge in [-0.3, -0.25) is 9.59 Å². The van der Waals surface area contributed by atoms with Crippen LogP contribution in [0.15, 0.2) is 36.7 Å². The smallest absolute Gasteiger partial charge is 0.243 e. The fraction of sp³-hybridized carbons (Fsp3) is 0.353. The Labute approximate surface area is 165 Å². The fourth-order valence-electron chi connectivity index (χ4n) is 2.36. The summed E-state index contributed by atoms with van der Waals surface area (Å²) in [7, 11) is 0. The molecule has 0 unspecified atom stereocenters. The molecule has 0 saturated heterocycles. The molecule has 0 aliphatic heterocycles. The van der Waals surface area contributed by atoms with Gasteiger partial charge in [-0.1, -0.05) is 26.0 Å². The summed E-state index contributed by atoms with van der Waals surface area (Å²) in [6, 6.07) is 7.60. The van der Waals surface area contributed by atoms with Gasteiger partial charge in [0.1, 0.15) is 5.82 Å². The summed E-state index contributed by atoms with van der Waals surface area (Å²) in [6.45, 7) is 4.66. The zero-order chi connectivity index (χ0) is 17.5. The summed E-state index contributed by atoms with van der Waals surface area (Å²) in [5.74, 6) is 0.711. The number of amides is 2. The number of benzene rings is 1. The van der Waals surface area contributed by atoms with E-state index in [0.717, 1.165) is 11.4 Å². The maximum absolute atomic E-state index is 11.8. The van der Waals surface area contributed by atoms with Crippen molar-refractivity contribution in [1.29, 1.82) is 0 Å². The van der Waals surface area contributed by atoms with E-state index >= 15 is 0 Å². The van der Waals surface area contributed by atoms with Gasteiger partial charge in [0, 0.05) is 30.5 Å². The molecule has 0 aliphatic rings. The number of aromatic nitrogens is 2. The van der Waals surface area contributed by atoms with Crippen molar-refractivity contribution in [3.05, 3.63) is 48.0 Å². The predicted molar refractivity (Wildman–Crippen MR) is 107 cm³/mol. The maximum Gasteiger partial charge on any atom is 0.243 e. The van der Waals surface area contributed by atoms with Gasteiger partial charge in [-0.15, -0.1) is 24.8 Å². The van der Waals surface area contributed by atoms with Gasteiger partial charge in [0.15, 0.2) is 0 Å². The van der Waals surface area contributed by atoms with Crippen molar-refractivity contribution in [3.63, 3.8) is 0 Å². The molecular formula is C17H25Cl2N5O2. The molecule has 0 bridgehead atoms. The first kappa shape index (κ1) is 23.9. The topological polar surface area (TPSA) is 102 Å². The second-order valence-electron chi connectivity index (χ2n) is 5.80. The minimum atomic E-state index is -0.361. The second-order valence-corrected chi connectivity index (χ2v) is 5.80. The van der Waals surface area contributed by atoms with Crippen LogP contribution in [0.5, 0.6) is 0 Å². The molecule has 1 heterocycles. The van der Waals surface area contributed by atoms with Crippen LogP contribution >= 0.6 is 24.8 Å². The van der Waals surface area contributed by atoms with E-state index in [4.69, 9.17) is 5.73 Å². The van der Waals surface area contributed by atoms with Crippen molar-refractivity contribution < 1.29 is 9.59 Å². The monoisotopic (exact) mass is 401 g/mol. The van der Waals surface area contributed by atoms with Crippen LogP contribution in [-0.2, 0) is 16.1 Å². The molecule has 7 nitrogen and oxygen atoms in total. The Hall–Kier alpha value is -2.09. The number of carbonyl (C=O) groups is 2. The Morgan fingerprint density at radius 3 is 2.62 bits per heavy atom. The number of nitrogens with zero attached hydrogens (tertiary/aromatic N) is 2. The van der Waals surface area contributed by atoms with Crippen LogP contribution in [-0.4, -0.2) is 34.5 Å². The lowest BCUT2D eigenvalue weighted by Gasteiger charge is -2.12. The number of nitrogens with one attached hydrogen (secondary N) is 2. The van der Waals surface area contributed by atoms with Crippen LogP contribution in [0, 0.1) is 0 Å². The summed E-state index contributed by atoms with van der Waals surface area (Å²) in [6.07, 6.45) is 3.74. The van der Waals surface area contributed by atoms with Gasteiger partial charge in [0.25, 0.3) is 0 Å². The van der Waals surface area contributed by atoms with E-state index < -0.39 is 0 Å². The van der Waals surface area contributed by atoms with E-state index in [9.17, 15) is 9.59 Å². The van der Waals surface area contributed by atoms with Crippen LogP contribution in [0.2, 0.25) is 0 Å². The van der Waals surface area contributed by atoms with E-state index in [2.05, 4.69) is 34.0 Å². The van der Waals surface area contributed by atoms with Crippen LogP contribution in [0.25, 0.3) is 0 Å². The third-order valence-electron chi connectivity index (χ3n) is 3.46. The molecule has 26 heavy (non-hydrogen) atoms. The number of carbonyl (C=O) groups excluding carboxylic acids is 2. The largest absolute Gasteiger partial charge is 0.346 e. The first-order valence-electron chi connectivity index (χ1n) is 7.86. The van der Waals surface area contributed by atoms with Crippen molar-refractivity contribution >= 4 is 42.3 Å². The summed E-state index contributed by atoms with van der Waals surface area (Å²) >= 11 is 0. The van der Waals surface area contributed by atoms with Gasteiger partial charge in [-0.05, 0) is 17.7 Å². The predicted octanol–water partition coefficient (Wildman–Crippen LogP) is 1.91. The molecule has 144 valence electrons.